The zero-order chi connectivity index (χ0) is 13.9. The normalized spacial score (nSPS) is 10.2. The standard InChI is InChI=1S/C6H15O3P.C4H9NO2/c1-4-8-10(7,6-3)9-5-2;1-5(2)4(6)7-3/h4-6H2,1-3H3;1-3H3. The van der Waals surface area contributed by atoms with Crippen molar-refractivity contribution in [3.63, 3.8) is 0 Å². The molecule has 0 bridgehead atoms. The molecule has 1 amide bonds. The molecular formula is C10H24NO5P. The van der Waals surface area contributed by atoms with Gasteiger partial charge in [-0.2, -0.15) is 0 Å². The molecule has 0 rings (SSSR count). The summed E-state index contributed by atoms with van der Waals surface area (Å²) in [5.74, 6) is 0. The first kappa shape index (κ1) is 18.8. The highest BCUT2D eigenvalue weighted by Crippen LogP contribution is 2.47. The zero-order valence-electron chi connectivity index (χ0n) is 11.6. The third kappa shape index (κ3) is 10.3. The topological polar surface area (TPSA) is 65.1 Å². The Morgan fingerprint density at radius 3 is 1.65 bits per heavy atom. The van der Waals surface area contributed by atoms with Crippen LogP contribution in [0.4, 0.5) is 4.79 Å². The van der Waals surface area contributed by atoms with E-state index in [2.05, 4.69) is 4.74 Å². The second kappa shape index (κ2) is 10.6. The lowest BCUT2D eigenvalue weighted by atomic mass is 10.9. The van der Waals surface area contributed by atoms with Crippen LogP contribution < -0.4 is 0 Å². The third-order valence-electron chi connectivity index (χ3n) is 1.58. The van der Waals surface area contributed by atoms with Crippen molar-refractivity contribution in [1.29, 1.82) is 0 Å². The maximum Gasteiger partial charge on any atom is 0.408 e. The summed E-state index contributed by atoms with van der Waals surface area (Å²) < 4.78 is 25.5. The molecule has 0 N–H and O–H groups in total. The van der Waals surface area contributed by atoms with E-state index >= 15 is 0 Å². The molecule has 0 aromatic rings. The van der Waals surface area contributed by atoms with Crippen LogP contribution in [0.3, 0.4) is 0 Å². The molecule has 0 heterocycles. The number of nitrogens with zero attached hydrogens (tertiary/aromatic N) is 1. The monoisotopic (exact) mass is 269 g/mol. The highest BCUT2D eigenvalue weighted by atomic mass is 31.2. The van der Waals surface area contributed by atoms with Crippen LogP contribution in [0.15, 0.2) is 0 Å². The molecule has 0 saturated carbocycles. The number of hydrogen-bond acceptors (Lipinski definition) is 5. The predicted octanol–water partition coefficient (Wildman–Crippen LogP) is 2.59. The molecule has 0 aliphatic carbocycles. The fourth-order valence-electron chi connectivity index (χ4n) is 0.796. The van der Waals surface area contributed by atoms with E-state index in [1.807, 2.05) is 0 Å². The molecule has 0 aliphatic heterocycles. The Balaban J connectivity index is 0. The summed E-state index contributed by atoms with van der Waals surface area (Å²) in [7, 11) is 1.91. The molecule has 0 aliphatic rings. The van der Waals surface area contributed by atoms with Gasteiger partial charge in [0.25, 0.3) is 0 Å². The first-order valence-electron chi connectivity index (χ1n) is 5.50. The Morgan fingerprint density at radius 1 is 1.12 bits per heavy atom. The van der Waals surface area contributed by atoms with Gasteiger partial charge in [0.05, 0.1) is 20.3 Å². The number of hydrogen-bond donors (Lipinski definition) is 0. The zero-order valence-corrected chi connectivity index (χ0v) is 12.5. The van der Waals surface area contributed by atoms with Gasteiger partial charge in [-0.15, -0.1) is 0 Å². The number of rotatable bonds is 5. The van der Waals surface area contributed by atoms with Crippen molar-refractivity contribution < 1.29 is 23.1 Å². The molecule has 0 unspecified atom stereocenters. The molecule has 7 heteroatoms. The Labute approximate surface area is 104 Å². The van der Waals surface area contributed by atoms with E-state index in [4.69, 9.17) is 9.05 Å². The Hall–Kier alpha value is -0.580. The summed E-state index contributed by atoms with van der Waals surface area (Å²) in [5.41, 5.74) is 0. The Kier molecular flexibility index (Phi) is 11.7. The van der Waals surface area contributed by atoms with Crippen molar-refractivity contribution in [2.24, 2.45) is 0 Å². The fraction of sp³-hybridized carbons (Fsp3) is 0.900. The maximum atomic E-state index is 11.3. The van der Waals surface area contributed by atoms with Gasteiger partial charge in [-0.1, -0.05) is 6.92 Å². The van der Waals surface area contributed by atoms with E-state index in [-0.39, 0.29) is 6.09 Å². The van der Waals surface area contributed by atoms with E-state index in [1.54, 1.807) is 34.9 Å². The van der Waals surface area contributed by atoms with Gasteiger partial charge in [-0.3, -0.25) is 4.57 Å². The second-order valence-electron chi connectivity index (χ2n) is 3.13. The summed E-state index contributed by atoms with van der Waals surface area (Å²) >= 11 is 0. The van der Waals surface area contributed by atoms with Crippen LogP contribution in [0.5, 0.6) is 0 Å². The molecule has 104 valence electrons. The molecule has 0 spiro atoms. The van der Waals surface area contributed by atoms with E-state index in [9.17, 15) is 9.36 Å². The molecule has 0 fully saturated rings. The van der Waals surface area contributed by atoms with Crippen LogP contribution in [-0.2, 0) is 18.3 Å². The number of methoxy groups -OCH3 is 1. The largest absolute Gasteiger partial charge is 0.453 e. The minimum Gasteiger partial charge on any atom is -0.453 e. The lowest BCUT2D eigenvalue weighted by Crippen LogP contribution is -2.20. The van der Waals surface area contributed by atoms with Crippen molar-refractivity contribution in [2.45, 2.75) is 20.8 Å². The molecule has 0 saturated heterocycles. The van der Waals surface area contributed by atoms with Gasteiger partial charge in [0, 0.05) is 20.3 Å². The molecule has 0 aromatic heterocycles. The Morgan fingerprint density at radius 2 is 1.53 bits per heavy atom. The fourth-order valence-corrected chi connectivity index (χ4v) is 2.02. The molecule has 0 aromatic carbocycles. The average molecular weight is 269 g/mol. The Bertz CT molecular complexity index is 235. The van der Waals surface area contributed by atoms with Gasteiger partial charge >= 0.3 is 13.7 Å². The number of amides is 1. The molecule has 6 nitrogen and oxygen atoms in total. The van der Waals surface area contributed by atoms with E-state index < -0.39 is 7.60 Å². The van der Waals surface area contributed by atoms with Gasteiger partial charge in [0.2, 0.25) is 0 Å². The maximum absolute atomic E-state index is 11.3. The third-order valence-corrected chi connectivity index (χ3v) is 3.66. The summed E-state index contributed by atoms with van der Waals surface area (Å²) in [6.07, 6.45) is 0.134. The van der Waals surface area contributed by atoms with Crippen LogP contribution in [0.2, 0.25) is 0 Å². The lowest BCUT2D eigenvalue weighted by Gasteiger charge is -2.13. The summed E-state index contributed by atoms with van der Waals surface area (Å²) in [5, 5.41) is 0. The quantitative estimate of drug-likeness (QED) is 0.718. The van der Waals surface area contributed by atoms with Crippen molar-refractivity contribution in [2.75, 3.05) is 40.6 Å². The van der Waals surface area contributed by atoms with Crippen LogP contribution in [0.25, 0.3) is 0 Å². The summed E-state index contributed by atoms with van der Waals surface area (Å²) in [6.45, 7) is 6.31. The highest BCUT2D eigenvalue weighted by molar-refractivity contribution is 7.53. The highest BCUT2D eigenvalue weighted by Gasteiger charge is 2.19. The summed E-state index contributed by atoms with van der Waals surface area (Å²) in [4.78, 5) is 11.6. The minimum absolute atomic E-state index is 0.319. The van der Waals surface area contributed by atoms with Crippen LogP contribution >= 0.6 is 7.60 Å². The number of ether oxygens (including phenoxy) is 1. The predicted molar refractivity (Wildman–Crippen MR) is 67.5 cm³/mol. The summed E-state index contributed by atoms with van der Waals surface area (Å²) in [6, 6.07) is 0. The minimum atomic E-state index is -2.70. The molecular weight excluding hydrogens is 245 g/mol. The van der Waals surface area contributed by atoms with Crippen LogP contribution in [-0.4, -0.2) is 51.6 Å². The van der Waals surface area contributed by atoms with E-state index in [1.165, 1.54) is 12.0 Å². The molecule has 0 radical (unpaired) electrons. The van der Waals surface area contributed by atoms with Gasteiger partial charge in [0.1, 0.15) is 0 Å². The smallest absolute Gasteiger partial charge is 0.408 e. The van der Waals surface area contributed by atoms with Crippen molar-refractivity contribution in [3.8, 4) is 0 Å². The second-order valence-corrected chi connectivity index (χ2v) is 5.50. The lowest BCUT2D eigenvalue weighted by molar-refractivity contribution is 0.141. The van der Waals surface area contributed by atoms with Gasteiger partial charge in [0.15, 0.2) is 0 Å². The van der Waals surface area contributed by atoms with Crippen molar-refractivity contribution in [1.82, 2.24) is 4.90 Å². The molecule has 0 atom stereocenters. The van der Waals surface area contributed by atoms with Crippen LogP contribution in [0.1, 0.15) is 20.8 Å². The first-order chi connectivity index (χ1) is 7.86. The molecule has 17 heavy (non-hydrogen) atoms. The van der Waals surface area contributed by atoms with Crippen molar-refractivity contribution >= 4 is 13.7 Å². The van der Waals surface area contributed by atoms with Gasteiger partial charge < -0.3 is 18.7 Å². The number of carbonyl (C=O) groups excluding carboxylic acids is 1. The van der Waals surface area contributed by atoms with Gasteiger partial charge in [-0.25, -0.2) is 4.79 Å². The number of carbonyl (C=O) groups is 1. The van der Waals surface area contributed by atoms with Gasteiger partial charge in [-0.05, 0) is 13.8 Å². The van der Waals surface area contributed by atoms with E-state index in [0.717, 1.165) is 0 Å². The SMILES string of the molecule is CCOP(=O)(CC)OCC.COC(=O)N(C)C. The average Bonchev–Trinajstić information content (AvgIpc) is 2.29. The first-order valence-corrected chi connectivity index (χ1v) is 7.23. The van der Waals surface area contributed by atoms with E-state index in [0.29, 0.717) is 19.4 Å². The van der Waals surface area contributed by atoms with Crippen molar-refractivity contribution in [3.05, 3.63) is 0 Å². The van der Waals surface area contributed by atoms with Crippen LogP contribution in [0, 0.1) is 0 Å².